The predicted molar refractivity (Wildman–Crippen MR) is 67.5 cm³/mol. The second kappa shape index (κ2) is 4.66. The van der Waals surface area contributed by atoms with Crippen molar-refractivity contribution in [2.24, 2.45) is 11.8 Å². The van der Waals surface area contributed by atoms with E-state index in [1.165, 1.54) is 58.2 Å². The highest BCUT2D eigenvalue weighted by molar-refractivity contribution is 4.95. The minimum absolute atomic E-state index is 0.822. The summed E-state index contributed by atoms with van der Waals surface area (Å²) < 4.78 is 0. The lowest BCUT2D eigenvalue weighted by Gasteiger charge is -2.36. The summed E-state index contributed by atoms with van der Waals surface area (Å²) in [5.41, 5.74) is 0. The van der Waals surface area contributed by atoms with Crippen molar-refractivity contribution in [1.82, 2.24) is 10.2 Å². The van der Waals surface area contributed by atoms with Crippen molar-refractivity contribution >= 4 is 0 Å². The molecule has 1 saturated carbocycles. The van der Waals surface area contributed by atoms with Gasteiger partial charge in [0, 0.05) is 25.2 Å². The van der Waals surface area contributed by atoms with Gasteiger partial charge >= 0.3 is 0 Å². The Balaban J connectivity index is 1.63. The van der Waals surface area contributed by atoms with Gasteiger partial charge in [-0.25, -0.2) is 0 Å². The Labute approximate surface area is 99.8 Å². The van der Waals surface area contributed by atoms with Gasteiger partial charge in [-0.05, 0) is 44.1 Å². The minimum Gasteiger partial charge on any atom is -0.312 e. The van der Waals surface area contributed by atoms with Crippen molar-refractivity contribution < 1.29 is 0 Å². The first-order valence-electron chi connectivity index (χ1n) is 7.32. The molecule has 0 amide bonds. The van der Waals surface area contributed by atoms with Gasteiger partial charge in [0.05, 0.1) is 0 Å². The molecule has 0 aromatic rings. The Bertz CT molecular complexity index is 227. The maximum atomic E-state index is 3.72. The maximum absolute atomic E-state index is 3.72. The molecule has 4 unspecified atom stereocenters. The molecule has 0 aromatic carbocycles. The van der Waals surface area contributed by atoms with E-state index in [9.17, 15) is 0 Å². The van der Waals surface area contributed by atoms with Crippen LogP contribution in [-0.4, -0.2) is 36.6 Å². The Morgan fingerprint density at radius 1 is 1.00 bits per heavy atom. The summed E-state index contributed by atoms with van der Waals surface area (Å²) in [5.74, 6) is 1.90. The number of likely N-dealkylation sites (tertiary alicyclic amines) is 1. The van der Waals surface area contributed by atoms with Gasteiger partial charge in [-0.15, -0.1) is 0 Å². The molecule has 4 atom stereocenters. The molecule has 2 heterocycles. The zero-order valence-corrected chi connectivity index (χ0v) is 10.6. The maximum Gasteiger partial charge on any atom is 0.0235 e. The molecule has 3 aliphatic rings. The Morgan fingerprint density at radius 2 is 1.88 bits per heavy atom. The van der Waals surface area contributed by atoms with E-state index in [-0.39, 0.29) is 0 Å². The number of hydrogen-bond acceptors (Lipinski definition) is 2. The largest absolute Gasteiger partial charge is 0.312 e. The molecule has 0 bridgehead atoms. The zero-order valence-electron chi connectivity index (χ0n) is 10.6. The van der Waals surface area contributed by atoms with Crippen LogP contribution in [0.5, 0.6) is 0 Å². The average Bonchev–Trinajstić information content (AvgIpc) is 2.73. The topological polar surface area (TPSA) is 15.3 Å². The molecule has 0 radical (unpaired) electrons. The van der Waals surface area contributed by atoms with Crippen LogP contribution in [0.3, 0.4) is 0 Å². The third kappa shape index (κ3) is 2.02. The first-order chi connectivity index (χ1) is 7.84. The van der Waals surface area contributed by atoms with Crippen molar-refractivity contribution in [3.05, 3.63) is 0 Å². The van der Waals surface area contributed by atoms with E-state index < -0.39 is 0 Å². The zero-order chi connectivity index (χ0) is 11.0. The molecular formula is C14H26N2. The fourth-order valence-electron chi connectivity index (χ4n) is 4.19. The van der Waals surface area contributed by atoms with E-state index in [0.29, 0.717) is 0 Å². The summed E-state index contributed by atoms with van der Waals surface area (Å²) in [4.78, 5) is 2.82. The van der Waals surface area contributed by atoms with Crippen molar-refractivity contribution in [3.8, 4) is 0 Å². The number of rotatable bonds is 1. The third-order valence-corrected chi connectivity index (χ3v) is 5.16. The van der Waals surface area contributed by atoms with Crippen molar-refractivity contribution in [2.45, 2.75) is 57.5 Å². The molecule has 2 aliphatic heterocycles. The predicted octanol–water partition coefficient (Wildman–Crippen LogP) is 2.25. The normalized spacial score (nSPS) is 45.6. The lowest BCUT2D eigenvalue weighted by atomic mass is 9.85. The van der Waals surface area contributed by atoms with Crippen molar-refractivity contribution in [3.63, 3.8) is 0 Å². The van der Waals surface area contributed by atoms with Crippen LogP contribution < -0.4 is 5.32 Å². The minimum atomic E-state index is 0.822. The Kier molecular flexibility index (Phi) is 3.21. The molecule has 2 heteroatoms. The van der Waals surface area contributed by atoms with Crippen LogP contribution in [0.25, 0.3) is 0 Å². The summed E-state index contributed by atoms with van der Waals surface area (Å²) in [5, 5.41) is 3.72. The third-order valence-electron chi connectivity index (χ3n) is 5.16. The molecule has 92 valence electrons. The Morgan fingerprint density at radius 3 is 2.69 bits per heavy atom. The standard InChI is InChI=1S/C14H26N2/c1-11-5-2-3-7-14(11)16-9-12-6-4-8-15-13(12)10-16/h11-15H,2-10H2,1H3. The molecule has 1 aliphatic carbocycles. The highest BCUT2D eigenvalue weighted by Gasteiger charge is 2.38. The molecule has 2 nitrogen and oxygen atoms in total. The van der Waals surface area contributed by atoms with Gasteiger partial charge in [-0.3, -0.25) is 4.90 Å². The molecule has 16 heavy (non-hydrogen) atoms. The van der Waals surface area contributed by atoms with Crippen LogP contribution >= 0.6 is 0 Å². The lowest BCUT2D eigenvalue weighted by Crippen LogP contribution is -2.43. The van der Waals surface area contributed by atoms with Gasteiger partial charge in [0.15, 0.2) is 0 Å². The van der Waals surface area contributed by atoms with Gasteiger partial charge in [-0.2, -0.15) is 0 Å². The van der Waals surface area contributed by atoms with Crippen LogP contribution in [0.4, 0.5) is 0 Å². The molecule has 2 saturated heterocycles. The molecule has 0 spiro atoms. The van der Waals surface area contributed by atoms with Crippen molar-refractivity contribution in [1.29, 1.82) is 0 Å². The number of piperidine rings is 1. The fourth-order valence-corrected chi connectivity index (χ4v) is 4.19. The van der Waals surface area contributed by atoms with Gasteiger partial charge < -0.3 is 5.32 Å². The van der Waals surface area contributed by atoms with Crippen molar-refractivity contribution in [2.75, 3.05) is 19.6 Å². The summed E-state index contributed by atoms with van der Waals surface area (Å²) in [6, 6.07) is 1.73. The number of nitrogens with zero attached hydrogens (tertiary/aromatic N) is 1. The first-order valence-corrected chi connectivity index (χ1v) is 7.32. The van der Waals surface area contributed by atoms with E-state index in [2.05, 4.69) is 17.1 Å². The summed E-state index contributed by atoms with van der Waals surface area (Å²) in [7, 11) is 0. The van der Waals surface area contributed by atoms with E-state index in [1.807, 2.05) is 0 Å². The smallest absolute Gasteiger partial charge is 0.0235 e. The lowest BCUT2D eigenvalue weighted by molar-refractivity contribution is 0.133. The SMILES string of the molecule is CC1CCCCC1N1CC2CCCNC2C1. The highest BCUT2D eigenvalue weighted by Crippen LogP contribution is 2.33. The van der Waals surface area contributed by atoms with E-state index in [4.69, 9.17) is 0 Å². The van der Waals surface area contributed by atoms with Gasteiger partial charge in [0.2, 0.25) is 0 Å². The molecule has 3 rings (SSSR count). The van der Waals surface area contributed by atoms with Crippen LogP contribution in [0.2, 0.25) is 0 Å². The average molecular weight is 222 g/mol. The highest BCUT2D eigenvalue weighted by atomic mass is 15.2. The molecule has 0 aromatic heterocycles. The van der Waals surface area contributed by atoms with Gasteiger partial charge in [-0.1, -0.05) is 19.8 Å². The van der Waals surface area contributed by atoms with Crippen LogP contribution in [-0.2, 0) is 0 Å². The van der Waals surface area contributed by atoms with Crippen LogP contribution in [0.1, 0.15) is 45.4 Å². The second-order valence-electron chi connectivity index (χ2n) is 6.25. The van der Waals surface area contributed by atoms with E-state index in [0.717, 1.165) is 23.9 Å². The monoisotopic (exact) mass is 222 g/mol. The van der Waals surface area contributed by atoms with Crippen LogP contribution in [0, 0.1) is 11.8 Å². The van der Waals surface area contributed by atoms with E-state index >= 15 is 0 Å². The summed E-state index contributed by atoms with van der Waals surface area (Å²) in [6.07, 6.45) is 8.72. The van der Waals surface area contributed by atoms with Crippen LogP contribution in [0.15, 0.2) is 0 Å². The number of nitrogens with one attached hydrogen (secondary N) is 1. The number of hydrogen-bond donors (Lipinski definition) is 1. The second-order valence-corrected chi connectivity index (χ2v) is 6.25. The van der Waals surface area contributed by atoms with Gasteiger partial charge in [0.1, 0.15) is 0 Å². The number of fused-ring (bicyclic) bond motifs is 1. The fraction of sp³-hybridized carbons (Fsp3) is 1.00. The summed E-state index contributed by atoms with van der Waals surface area (Å²) in [6.45, 7) is 6.45. The Hall–Kier alpha value is -0.0800. The first kappa shape index (κ1) is 11.0. The van der Waals surface area contributed by atoms with Gasteiger partial charge in [0.25, 0.3) is 0 Å². The molecular weight excluding hydrogens is 196 g/mol. The summed E-state index contributed by atoms with van der Waals surface area (Å²) >= 11 is 0. The molecule has 3 fully saturated rings. The molecule has 1 N–H and O–H groups in total. The van der Waals surface area contributed by atoms with E-state index in [1.54, 1.807) is 0 Å². The quantitative estimate of drug-likeness (QED) is 0.732.